The molecule has 1 saturated heterocycles. The summed E-state index contributed by atoms with van der Waals surface area (Å²) in [6.07, 6.45) is -1.50. The summed E-state index contributed by atoms with van der Waals surface area (Å²) in [4.78, 5) is 24.6. The third-order valence-electron chi connectivity index (χ3n) is 2.98. The van der Waals surface area contributed by atoms with Crippen LogP contribution in [0.1, 0.15) is 17.3 Å². The van der Waals surface area contributed by atoms with Crippen LogP contribution in [0.2, 0.25) is 0 Å². The number of amides is 1. The first-order valence-electron chi connectivity index (χ1n) is 6.01. The second kappa shape index (κ2) is 5.88. The molecule has 1 N–H and O–H groups in total. The van der Waals surface area contributed by atoms with Gasteiger partial charge in [0.2, 0.25) is 0 Å². The summed E-state index contributed by atoms with van der Waals surface area (Å²) >= 11 is 3.18. The topological polar surface area (TPSA) is 66.8 Å². The summed E-state index contributed by atoms with van der Waals surface area (Å²) in [6, 6.07) is 4.07. The lowest BCUT2D eigenvalue weighted by Crippen LogP contribution is -2.51. The Labute approximate surface area is 123 Å². The predicted molar refractivity (Wildman–Crippen MR) is 72.0 cm³/mol. The number of carboxylic acids is 1. The fraction of sp³-hybridized carbons (Fsp3) is 0.385. The zero-order valence-corrected chi connectivity index (χ0v) is 12.3. The van der Waals surface area contributed by atoms with Gasteiger partial charge in [-0.1, -0.05) is 15.9 Å². The van der Waals surface area contributed by atoms with Crippen LogP contribution in [0.4, 0.5) is 4.39 Å². The maximum absolute atomic E-state index is 13.7. The summed E-state index contributed by atoms with van der Waals surface area (Å²) in [5.74, 6) is -2.31. The largest absolute Gasteiger partial charge is 0.479 e. The molecule has 0 radical (unpaired) electrons. The zero-order chi connectivity index (χ0) is 14.9. The summed E-state index contributed by atoms with van der Waals surface area (Å²) in [6.45, 7) is 1.81. The number of carbonyl (C=O) groups excluding carboxylic acids is 1. The molecule has 1 amide bonds. The van der Waals surface area contributed by atoms with Crippen LogP contribution in [0, 0.1) is 5.82 Å². The van der Waals surface area contributed by atoms with Gasteiger partial charge in [-0.25, -0.2) is 9.18 Å². The van der Waals surface area contributed by atoms with Crippen molar-refractivity contribution in [2.45, 2.75) is 19.1 Å². The van der Waals surface area contributed by atoms with E-state index in [0.717, 1.165) is 0 Å². The lowest BCUT2D eigenvalue weighted by Gasteiger charge is -2.35. The molecule has 20 heavy (non-hydrogen) atoms. The zero-order valence-electron chi connectivity index (χ0n) is 10.7. The van der Waals surface area contributed by atoms with E-state index in [1.807, 2.05) is 0 Å². The fourth-order valence-corrected chi connectivity index (χ4v) is 2.45. The Morgan fingerprint density at radius 2 is 2.15 bits per heavy atom. The molecule has 1 aliphatic rings. The molecule has 2 rings (SSSR count). The van der Waals surface area contributed by atoms with E-state index in [2.05, 4.69) is 15.9 Å². The molecule has 1 aliphatic heterocycles. The highest BCUT2D eigenvalue weighted by Crippen LogP contribution is 2.20. The van der Waals surface area contributed by atoms with E-state index in [9.17, 15) is 14.0 Å². The third kappa shape index (κ3) is 3.16. The Morgan fingerprint density at radius 1 is 1.45 bits per heavy atom. The molecule has 2 atom stereocenters. The Hall–Kier alpha value is -1.47. The van der Waals surface area contributed by atoms with E-state index < -0.39 is 29.9 Å². The van der Waals surface area contributed by atoms with E-state index in [1.54, 1.807) is 6.92 Å². The Bertz CT molecular complexity index is 551. The van der Waals surface area contributed by atoms with Crippen molar-refractivity contribution in [2.75, 3.05) is 13.1 Å². The number of morpholine rings is 1. The van der Waals surface area contributed by atoms with E-state index in [4.69, 9.17) is 9.84 Å². The number of hydrogen-bond acceptors (Lipinski definition) is 3. The average molecular weight is 346 g/mol. The highest BCUT2D eigenvalue weighted by atomic mass is 79.9. The van der Waals surface area contributed by atoms with Crippen LogP contribution in [0.5, 0.6) is 0 Å². The molecular weight excluding hydrogens is 333 g/mol. The van der Waals surface area contributed by atoms with E-state index in [0.29, 0.717) is 4.47 Å². The van der Waals surface area contributed by atoms with Gasteiger partial charge in [-0.05, 0) is 25.1 Å². The van der Waals surface area contributed by atoms with Gasteiger partial charge in [0.25, 0.3) is 5.91 Å². The molecule has 0 saturated carbocycles. The normalized spacial score (nSPS) is 22.6. The van der Waals surface area contributed by atoms with Gasteiger partial charge >= 0.3 is 5.97 Å². The number of hydrogen-bond donors (Lipinski definition) is 1. The van der Waals surface area contributed by atoms with Gasteiger partial charge < -0.3 is 14.7 Å². The van der Waals surface area contributed by atoms with Crippen molar-refractivity contribution in [3.63, 3.8) is 0 Å². The minimum Gasteiger partial charge on any atom is -0.479 e. The van der Waals surface area contributed by atoms with Crippen LogP contribution in [0.25, 0.3) is 0 Å². The van der Waals surface area contributed by atoms with Crippen LogP contribution >= 0.6 is 15.9 Å². The van der Waals surface area contributed by atoms with Crippen molar-refractivity contribution in [3.05, 3.63) is 34.1 Å². The first-order valence-corrected chi connectivity index (χ1v) is 6.80. The third-order valence-corrected chi connectivity index (χ3v) is 3.47. The number of nitrogens with zero attached hydrogens (tertiary/aromatic N) is 1. The average Bonchev–Trinajstić information content (AvgIpc) is 2.40. The first kappa shape index (κ1) is 14.9. The first-order chi connectivity index (χ1) is 9.38. The van der Waals surface area contributed by atoms with Gasteiger partial charge in [0, 0.05) is 11.0 Å². The Balaban J connectivity index is 2.23. The van der Waals surface area contributed by atoms with E-state index in [1.165, 1.54) is 23.1 Å². The number of benzene rings is 1. The van der Waals surface area contributed by atoms with Crippen molar-refractivity contribution in [2.24, 2.45) is 0 Å². The minimum atomic E-state index is -1.14. The molecule has 1 fully saturated rings. The second-order valence-corrected chi connectivity index (χ2v) is 5.52. The number of halogens is 2. The summed E-state index contributed by atoms with van der Waals surface area (Å²) in [5.41, 5.74) is -0.0855. The molecule has 1 aromatic rings. The Morgan fingerprint density at radius 3 is 2.80 bits per heavy atom. The van der Waals surface area contributed by atoms with Crippen LogP contribution in [-0.2, 0) is 9.53 Å². The monoisotopic (exact) mass is 345 g/mol. The van der Waals surface area contributed by atoms with Crippen LogP contribution < -0.4 is 0 Å². The van der Waals surface area contributed by atoms with Gasteiger partial charge in [-0.2, -0.15) is 0 Å². The van der Waals surface area contributed by atoms with Crippen LogP contribution in [0.15, 0.2) is 22.7 Å². The highest BCUT2D eigenvalue weighted by molar-refractivity contribution is 9.10. The standard InChI is InChI=1S/C13H13BrFNO4/c1-7-5-16(6-11(20-7)13(18)19)12(17)9-4-8(14)2-3-10(9)15/h2-4,7,11H,5-6H2,1H3,(H,18,19)/t7-,11?/m1/s1. The van der Waals surface area contributed by atoms with Gasteiger partial charge in [0.05, 0.1) is 18.2 Å². The van der Waals surface area contributed by atoms with Crippen LogP contribution in [-0.4, -0.2) is 47.2 Å². The lowest BCUT2D eigenvalue weighted by molar-refractivity contribution is -0.160. The summed E-state index contributed by atoms with van der Waals surface area (Å²) < 4.78 is 19.5. The quantitative estimate of drug-likeness (QED) is 0.888. The summed E-state index contributed by atoms with van der Waals surface area (Å²) in [5, 5.41) is 8.98. The molecule has 7 heteroatoms. The number of carboxylic acid groups (broad SMARTS) is 1. The number of aliphatic carboxylic acids is 1. The van der Waals surface area contributed by atoms with Crippen molar-refractivity contribution in [1.29, 1.82) is 0 Å². The smallest absolute Gasteiger partial charge is 0.334 e. The number of rotatable bonds is 2. The molecule has 0 spiro atoms. The van der Waals surface area contributed by atoms with Gasteiger partial charge in [0.15, 0.2) is 6.10 Å². The van der Waals surface area contributed by atoms with Crippen molar-refractivity contribution < 1.29 is 23.8 Å². The molecule has 1 heterocycles. The minimum absolute atomic E-state index is 0.0855. The molecule has 0 aliphatic carbocycles. The highest BCUT2D eigenvalue weighted by Gasteiger charge is 2.33. The number of ether oxygens (including phenoxy) is 1. The predicted octanol–water partition coefficient (Wildman–Crippen LogP) is 1.90. The maximum Gasteiger partial charge on any atom is 0.334 e. The second-order valence-electron chi connectivity index (χ2n) is 4.61. The summed E-state index contributed by atoms with van der Waals surface area (Å²) in [7, 11) is 0. The molecule has 108 valence electrons. The van der Waals surface area contributed by atoms with Gasteiger partial charge in [-0.15, -0.1) is 0 Å². The van der Waals surface area contributed by atoms with Crippen molar-refractivity contribution in [1.82, 2.24) is 4.90 Å². The SMILES string of the molecule is C[C@@H]1CN(C(=O)c2cc(Br)ccc2F)CC(C(=O)O)O1. The molecule has 5 nitrogen and oxygen atoms in total. The van der Waals surface area contributed by atoms with Crippen LogP contribution in [0.3, 0.4) is 0 Å². The number of carbonyl (C=O) groups is 2. The molecule has 1 aromatic carbocycles. The van der Waals surface area contributed by atoms with E-state index in [-0.39, 0.29) is 18.7 Å². The Kier molecular flexibility index (Phi) is 4.39. The lowest BCUT2D eigenvalue weighted by atomic mass is 10.1. The molecular formula is C13H13BrFNO4. The fourth-order valence-electron chi connectivity index (χ4n) is 2.09. The molecule has 1 unspecified atom stereocenters. The van der Waals surface area contributed by atoms with E-state index >= 15 is 0 Å². The van der Waals surface area contributed by atoms with Gasteiger partial charge in [-0.3, -0.25) is 4.79 Å². The van der Waals surface area contributed by atoms with Crippen molar-refractivity contribution in [3.8, 4) is 0 Å². The van der Waals surface area contributed by atoms with Crippen molar-refractivity contribution >= 4 is 27.8 Å². The molecule has 0 aromatic heterocycles. The maximum atomic E-state index is 13.7. The van der Waals surface area contributed by atoms with Gasteiger partial charge in [0.1, 0.15) is 5.82 Å². The molecule has 0 bridgehead atoms.